The predicted octanol–water partition coefficient (Wildman–Crippen LogP) is 9.54. The van der Waals surface area contributed by atoms with Gasteiger partial charge in [0, 0.05) is 36.3 Å². The fourth-order valence-electron chi connectivity index (χ4n) is 5.97. The number of aryl methyl sites for hydroxylation is 1. The number of non-ortho nitro benzene ring substituents is 1. The molecule has 2 heterocycles. The van der Waals surface area contributed by atoms with Gasteiger partial charge in [-0.2, -0.15) is 0 Å². The van der Waals surface area contributed by atoms with E-state index in [1.165, 1.54) is 33.9 Å². The first-order valence-electron chi connectivity index (χ1n) is 15.4. The molecule has 2 aliphatic rings. The SMILES string of the molecule is CC(C)=CCCC(C)=CCCC(C)=CCC[C@]1(C)CCc2c3c(cc(C)c2O1)OCN(Cc1cccc([N+](=O)[O-])c1)C3. The smallest absolute Gasteiger partial charge is 0.269 e. The molecule has 4 rings (SSSR count). The number of nitrogens with zero attached hydrogens (tertiary/aromatic N) is 2. The minimum Gasteiger partial charge on any atom is -0.487 e. The van der Waals surface area contributed by atoms with Crippen molar-refractivity contribution in [3.8, 4) is 11.5 Å². The highest BCUT2D eigenvalue weighted by Gasteiger charge is 2.35. The second-order valence-corrected chi connectivity index (χ2v) is 12.7. The van der Waals surface area contributed by atoms with Gasteiger partial charge >= 0.3 is 0 Å². The van der Waals surface area contributed by atoms with E-state index < -0.39 is 0 Å². The van der Waals surface area contributed by atoms with Crippen molar-refractivity contribution in [3.63, 3.8) is 0 Å². The summed E-state index contributed by atoms with van der Waals surface area (Å²) in [4.78, 5) is 13.1. The van der Waals surface area contributed by atoms with Gasteiger partial charge in [0.1, 0.15) is 23.8 Å². The van der Waals surface area contributed by atoms with E-state index in [4.69, 9.17) is 9.47 Å². The monoisotopic (exact) mass is 572 g/mol. The fourth-order valence-corrected chi connectivity index (χ4v) is 5.97. The van der Waals surface area contributed by atoms with Crippen LogP contribution in [0, 0.1) is 17.0 Å². The maximum atomic E-state index is 11.2. The Hall–Kier alpha value is -3.38. The zero-order valence-corrected chi connectivity index (χ0v) is 26.4. The highest BCUT2D eigenvalue weighted by atomic mass is 16.6. The van der Waals surface area contributed by atoms with Crippen LogP contribution in [0.5, 0.6) is 11.5 Å². The number of hydrogen-bond donors (Lipinski definition) is 0. The standard InChI is InChI=1S/C36H48N2O4/c1-26(2)11-7-12-27(3)13-8-14-28(4)15-10-19-36(6)20-18-32-33-24-37(23-30-16-9-17-31(22-30)38(39)40)25-41-34(33)21-29(5)35(32)42-36/h9,11,13,15-17,21-22H,7-8,10,12,14,18-20,23-25H2,1-6H3/t36-/m1/s1. The van der Waals surface area contributed by atoms with Crippen LogP contribution in [-0.4, -0.2) is 22.2 Å². The molecule has 0 fully saturated rings. The Morgan fingerprint density at radius 1 is 1.02 bits per heavy atom. The lowest BCUT2D eigenvalue weighted by Crippen LogP contribution is -2.38. The molecule has 226 valence electrons. The second-order valence-electron chi connectivity index (χ2n) is 12.7. The molecular formula is C36H48N2O4. The number of hydrogen-bond acceptors (Lipinski definition) is 5. The molecule has 0 saturated carbocycles. The van der Waals surface area contributed by atoms with E-state index in [2.05, 4.69) is 70.7 Å². The molecule has 0 saturated heterocycles. The van der Waals surface area contributed by atoms with E-state index >= 15 is 0 Å². The lowest BCUT2D eigenvalue weighted by Gasteiger charge is -2.39. The van der Waals surface area contributed by atoms with Gasteiger partial charge < -0.3 is 9.47 Å². The summed E-state index contributed by atoms with van der Waals surface area (Å²) >= 11 is 0. The minimum atomic E-state index is -0.344. The van der Waals surface area contributed by atoms with Crippen molar-refractivity contribution in [2.75, 3.05) is 6.73 Å². The molecule has 2 aromatic carbocycles. The molecule has 0 spiro atoms. The highest BCUT2D eigenvalue weighted by molar-refractivity contribution is 5.55. The van der Waals surface area contributed by atoms with Crippen molar-refractivity contribution in [2.45, 2.75) is 112 Å². The van der Waals surface area contributed by atoms with Gasteiger partial charge in [0.15, 0.2) is 0 Å². The molecule has 6 nitrogen and oxygen atoms in total. The molecule has 0 radical (unpaired) electrons. The van der Waals surface area contributed by atoms with E-state index in [1.807, 2.05) is 6.07 Å². The van der Waals surface area contributed by atoms with Crippen LogP contribution in [0.15, 0.2) is 65.3 Å². The Labute approximate surface area is 252 Å². The molecule has 0 bridgehead atoms. The van der Waals surface area contributed by atoms with Gasteiger partial charge in [-0.15, -0.1) is 0 Å². The largest absolute Gasteiger partial charge is 0.487 e. The number of nitro benzene ring substituents is 1. The molecular weight excluding hydrogens is 524 g/mol. The van der Waals surface area contributed by atoms with Crippen LogP contribution in [0.3, 0.4) is 0 Å². The van der Waals surface area contributed by atoms with Crippen molar-refractivity contribution in [2.24, 2.45) is 0 Å². The number of rotatable bonds is 12. The molecule has 6 heteroatoms. The Balaban J connectivity index is 1.34. The van der Waals surface area contributed by atoms with Crippen LogP contribution in [0.4, 0.5) is 5.69 Å². The summed E-state index contributed by atoms with van der Waals surface area (Å²) in [6, 6.07) is 8.97. The van der Waals surface area contributed by atoms with Gasteiger partial charge in [-0.25, -0.2) is 0 Å². The molecule has 2 aromatic rings. The van der Waals surface area contributed by atoms with E-state index in [1.54, 1.807) is 12.1 Å². The zero-order valence-electron chi connectivity index (χ0n) is 26.4. The normalized spacial score (nSPS) is 18.9. The Morgan fingerprint density at radius 2 is 1.74 bits per heavy atom. The van der Waals surface area contributed by atoms with Gasteiger partial charge in [-0.3, -0.25) is 15.0 Å². The van der Waals surface area contributed by atoms with Crippen LogP contribution < -0.4 is 9.47 Å². The van der Waals surface area contributed by atoms with Crippen LogP contribution in [-0.2, 0) is 19.5 Å². The number of allylic oxidation sites excluding steroid dienone is 6. The number of nitro groups is 1. The highest BCUT2D eigenvalue weighted by Crippen LogP contribution is 2.44. The molecule has 0 amide bonds. The summed E-state index contributed by atoms with van der Waals surface area (Å²) in [7, 11) is 0. The van der Waals surface area contributed by atoms with Crippen LogP contribution >= 0.6 is 0 Å². The van der Waals surface area contributed by atoms with Crippen molar-refractivity contribution in [1.82, 2.24) is 4.90 Å². The van der Waals surface area contributed by atoms with Crippen LogP contribution in [0.25, 0.3) is 0 Å². The summed E-state index contributed by atoms with van der Waals surface area (Å²) in [5.74, 6) is 1.95. The van der Waals surface area contributed by atoms with Gasteiger partial charge in [-0.1, -0.05) is 47.1 Å². The van der Waals surface area contributed by atoms with Gasteiger partial charge in [0.2, 0.25) is 0 Å². The molecule has 0 unspecified atom stereocenters. The van der Waals surface area contributed by atoms with Crippen LogP contribution in [0.2, 0.25) is 0 Å². The summed E-state index contributed by atoms with van der Waals surface area (Å²) in [6.45, 7) is 15.0. The van der Waals surface area contributed by atoms with E-state index in [0.29, 0.717) is 13.3 Å². The zero-order chi connectivity index (χ0) is 30.3. The lowest BCUT2D eigenvalue weighted by atomic mass is 9.85. The first kappa shape index (κ1) is 31.6. The molecule has 2 aliphatic heterocycles. The third kappa shape index (κ3) is 8.57. The Kier molecular flexibility index (Phi) is 10.7. The second kappa shape index (κ2) is 14.2. The van der Waals surface area contributed by atoms with Crippen molar-refractivity contribution in [1.29, 1.82) is 0 Å². The van der Waals surface area contributed by atoms with Gasteiger partial charge in [0.25, 0.3) is 5.69 Å². The molecule has 42 heavy (non-hydrogen) atoms. The maximum Gasteiger partial charge on any atom is 0.269 e. The quantitative estimate of drug-likeness (QED) is 0.144. The summed E-state index contributed by atoms with van der Waals surface area (Å²) < 4.78 is 12.9. The minimum absolute atomic E-state index is 0.120. The average Bonchev–Trinajstić information content (AvgIpc) is 2.93. The van der Waals surface area contributed by atoms with Gasteiger partial charge in [0.05, 0.1) is 4.92 Å². The fraction of sp³-hybridized carbons (Fsp3) is 0.500. The molecule has 1 atom stereocenters. The summed E-state index contributed by atoms with van der Waals surface area (Å²) in [5, 5.41) is 11.2. The molecule has 0 N–H and O–H groups in total. The maximum absolute atomic E-state index is 11.2. The van der Waals surface area contributed by atoms with Crippen molar-refractivity contribution >= 4 is 5.69 Å². The predicted molar refractivity (Wildman–Crippen MR) is 171 cm³/mol. The van der Waals surface area contributed by atoms with Crippen molar-refractivity contribution in [3.05, 3.63) is 97.6 Å². The first-order chi connectivity index (χ1) is 20.0. The van der Waals surface area contributed by atoms with E-state index in [0.717, 1.165) is 80.5 Å². The Morgan fingerprint density at radius 3 is 2.45 bits per heavy atom. The lowest BCUT2D eigenvalue weighted by molar-refractivity contribution is -0.384. The van der Waals surface area contributed by atoms with E-state index in [9.17, 15) is 10.1 Å². The first-order valence-corrected chi connectivity index (χ1v) is 15.4. The molecule has 0 aromatic heterocycles. The topological polar surface area (TPSA) is 64.8 Å². The van der Waals surface area contributed by atoms with Gasteiger partial charge in [-0.05, 0) is 110 Å². The van der Waals surface area contributed by atoms with Crippen LogP contribution in [0.1, 0.15) is 102 Å². The average molecular weight is 573 g/mol. The number of fused-ring (bicyclic) bond motifs is 3. The summed E-state index contributed by atoms with van der Waals surface area (Å²) in [5.41, 5.74) is 8.74. The third-order valence-electron chi connectivity index (χ3n) is 8.49. The van der Waals surface area contributed by atoms with E-state index in [-0.39, 0.29) is 16.2 Å². The Bertz CT molecular complexity index is 1370. The van der Waals surface area contributed by atoms with Crippen molar-refractivity contribution < 1.29 is 14.4 Å². The number of ether oxygens (including phenoxy) is 2. The summed E-state index contributed by atoms with van der Waals surface area (Å²) in [6.07, 6.45) is 15.6. The number of benzene rings is 2. The third-order valence-corrected chi connectivity index (χ3v) is 8.49. The molecule has 0 aliphatic carbocycles.